The topological polar surface area (TPSA) is 52.6 Å². The SMILES string of the molecule is CC(C)(C)c1ccc2c(c1)oc1ccccc12.CC(C)(C)c1ccc2c(c1)sc1ccccc12.CC(C)(C)c1ccc2oc3ccccc3c2c1.CC(C)(C)c1ccc2sc3ccccc3c2c1.CC(C)(C)c1cccc2c1oc1ccccc12.CC(C)(C)c1cccc2c1sc1ccccc12.CC(C)(C)c1cccc2oc3ccccc3c12.CC(C)(C)c1cccc2sc3ccccc3c12. The van der Waals surface area contributed by atoms with E-state index in [4.69, 9.17) is 17.7 Å². The predicted octanol–water partition coefficient (Wildman–Crippen LogP) is 40.9. The molecule has 0 amide bonds. The molecule has 0 saturated heterocycles. The number of rotatable bonds is 0. The molecule has 0 aliphatic carbocycles. The zero-order valence-electron chi connectivity index (χ0n) is 83.6. The monoisotopic (exact) mass is 1860 g/mol. The van der Waals surface area contributed by atoms with Gasteiger partial charge in [-0.3, -0.25) is 0 Å². The van der Waals surface area contributed by atoms with Crippen molar-refractivity contribution in [3.05, 3.63) is 384 Å². The average molecular weight is 1860 g/mol. The second-order valence-electron chi connectivity index (χ2n) is 44.4. The Kier molecular flexibility index (Phi) is 26.4. The number of hydrogen-bond donors (Lipinski definition) is 0. The summed E-state index contributed by atoms with van der Waals surface area (Å²) in [6.07, 6.45) is 0. The van der Waals surface area contributed by atoms with Gasteiger partial charge in [-0.25, -0.2) is 0 Å². The quantitative estimate of drug-likeness (QED) is 0.152. The third-order valence-electron chi connectivity index (χ3n) is 25.8. The molecule has 0 bridgehead atoms. The van der Waals surface area contributed by atoms with Crippen molar-refractivity contribution < 1.29 is 17.7 Å². The molecule has 0 unspecified atom stereocenters. The Hall–Kier alpha value is -12.4. The minimum Gasteiger partial charge on any atom is -0.456 e. The van der Waals surface area contributed by atoms with Gasteiger partial charge in [-0.2, -0.15) is 0 Å². The molecule has 24 rings (SSSR count). The van der Waals surface area contributed by atoms with Gasteiger partial charge < -0.3 is 17.7 Å². The summed E-state index contributed by atoms with van der Waals surface area (Å²) in [5.41, 5.74) is 20.3. The smallest absolute Gasteiger partial charge is 0.139 e. The fourth-order valence-electron chi connectivity index (χ4n) is 18.2. The van der Waals surface area contributed by atoms with Crippen molar-refractivity contribution in [1.82, 2.24) is 0 Å². The van der Waals surface area contributed by atoms with Crippen molar-refractivity contribution in [2.75, 3.05) is 0 Å². The van der Waals surface area contributed by atoms with Crippen LogP contribution in [0.3, 0.4) is 0 Å². The summed E-state index contributed by atoms with van der Waals surface area (Å²) in [6, 6.07) is 120. The van der Waals surface area contributed by atoms with Crippen LogP contribution >= 0.6 is 45.3 Å². The van der Waals surface area contributed by atoms with Crippen LogP contribution in [0.4, 0.5) is 0 Å². The lowest BCUT2D eigenvalue weighted by Gasteiger charge is -2.20. The van der Waals surface area contributed by atoms with E-state index in [-0.39, 0.29) is 43.3 Å². The van der Waals surface area contributed by atoms with Crippen LogP contribution in [0.15, 0.2) is 357 Å². The second kappa shape index (κ2) is 37.6. The lowest BCUT2D eigenvalue weighted by Crippen LogP contribution is -2.11. The number of hydrogen-bond acceptors (Lipinski definition) is 8. The van der Waals surface area contributed by atoms with Gasteiger partial charge in [0.1, 0.15) is 44.7 Å². The highest BCUT2D eigenvalue weighted by atomic mass is 32.1. The summed E-state index contributed by atoms with van der Waals surface area (Å²) < 4.78 is 34.8. The fourth-order valence-corrected chi connectivity index (χ4v) is 23.0. The molecule has 16 aromatic carbocycles. The van der Waals surface area contributed by atoms with Crippen LogP contribution < -0.4 is 0 Å². The van der Waals surface area contributed by atoms with E-state index in [2.05, 4.69) is 451 Å². The maximum absolute atomic E-state index is 6.01. The van der Waals surface area contributed by atoms with Gasteiger partial charge in [0.05, 0.1) is 0 Å². The summed E-state index contributed by atoms with van der Waals surface area (Å²) in [5.74, 6) is 0. The Balaban J connectivity index is 0.000000108. The molecular formula is C128H128O4S4. The first-order valence-electron chi connectivity index (χ1n) is 47.8. The Morgan fingerprint density at radius 2 is 0.456 bits per heavy atom. The molecule has 0 spiro atoms. The molecule has 4 nitrogen and oxygen atoms in total. The highest BCUT2D eigenvalue weighted by Gasteiger charge is 2.27. The third kappa shape index (κ3) is 20.2. The third-order valence-corrected chi connectivity index (χ3v) is 30.5. The van der Waals surface area contributed by atoms with Crippen LogP contribution in [0.5, 0.6) is 0 Å². The first kappa shape index (κ1) is 95.3. The molecule has 0 atom stereocenters. The zero-order chi connectivity index (χ0) is 96.3. The molecule has 0 N–H and O–H groups in total. The van der Waals surface area contributed by atoms with Crippen LogP contribution in [0.2, 0.25) is 0 Å². The van der Waals surface area contributed by atoms with Crippen LogP contribution in [-0.4, -0.2) is 0 Å². The summed E-state index contributed by atoms with van der Waals surface area (Å²) >= 11 is 7.58. The van der Waals surface area contributed by atoms with E-state index in [1.54, 1.807) is 0 Å². The number of thiophene rings is 4. The van der Waals surface area contributed by atoms with Gasteiger partial charge in [0.25, 0.3) is 0 Å². The first-order valence-corrected chi connectivity index (χ1v) is 51.1. The average Bonchev–Trinajstić information content (AvgIpc) is 1.61. The molecule has 24 aromatic rings. The maximum atomic E-state index is 6.01. The lowest BCUT2D eigenvalue weighted by molar-refractivity contribution is 0.573. The predicted molar refractivity (Wildman–Crippen MR) is 602 cm³/mol. The normalized spacial score (nSPS) is 12.4. The van der Waals surface area contributed by atoms with Gasteiger partial charge >= 0.3 is 0 Å². The van der Waals surface area contributed by atoms with Gasteiger partial charge in [-0.15, -0.1) is 45.3 Å². The highest BCUT2D eigenvalue weighted by molar-refractivity contribution is 7.27. The molecule has 136 heavy (non-hydrogen) atoms. The molecule has 688 valence electrons. The fraction of sp³-hybridized carbons (Fsp3) is 0.250. The molecule has 0 saturated carbocycles. The second-order valence-corrected chi connectivity index (χ2v) is 48.7. The largest absolute Gasteiger partial charge is 0.456 e. The summed E-state index contributed by atoms with van der Waals surface area (Å²) in [7, 11) is 0. The van der Waals surface area contributed by atoms with Crippen molar-refractivity contribution >= 4 is 214 Å². The van der Waals surface area contributed by atoms with Crippen LogP contribution in [0.1, 0.15) is 211 Å². The number of furan rings is 4. The minimum absolute atomic E-state index is 0.105. The van der Waals surface area contributed by atoms with Crippen molar-refractivity contribution in [2.24, 2.45) is 0 Å². The molecule has 0 aliphatic rings. The van der Waals surface area contributed by atoms with E-state index in [0.29, 0.717) is 0 Å². The zero-order valence-corrected chi connectivity index (χ0v) is 86.9. The Morgan fingerprint density at radius 1 is 0.154 bits per heavy atom. The van der Waals surface area contributed by atoms with Crippen molar-refractivity contribution in [3.63, 3.8) is 0 Å². The Morgan fingerprint density at radius 3 is 1.01 bits per heavy atom. The van der Waals surface area contributed by atoms with Crippen LogP contribution in [0, 0.1) is 0 Å². The molecular weight excluding hydrogens is 1730 g/mol. The standard InChI is InChI=1S/4C16H16O.4C16H16S/c1-16(2,3)13-9-6-8-12-11-7-4-5-10-14(11)17-15(12)13;1-16(2,3)12-8-6-10-14-15(12)11-7-4-5-9-13(11)17-14;1-16(2,3)11-8-9-15-13(10-11)12-6-4-5-7-14(12)17-15;1-16(2,3)11-8-9-13-12-6-4-5-7-14(12)17-15(13)10-11;1-16(2,3)13-9-6-8-12-11-7-4-5-10-14(11)17-15(12)13;1-16(2,3)12-8-6-10-14-15(12)11-7-4-5-9-13(11)17-14;1-16(2,3)11-8-9-15-13(10-11)12-6-4-5-7-14(12)17-15;1-16(2,3)11-8-9-13-12-6-4-5-7-14(12)17-15(13)10-11/h8*4-10H,1-3H3. The van der Waals surface area contributed by atoms with E-state index in [0.717, 1.165) is 44.7 Å². The molecule has 0 radical (unpaired) electrons. The molecule has 8 aromatic heterocycles. The van der Waals surface area contributed by atoms with E-state index in [1.807, 2.05) is 99.9 Å². The Bertz CT molecular complexity index is 7900. The number of benzene rings is 16. The van der Waals surface area contributed by atoms with Gasteiger partial charge in [0.15, 0.2) is 0 Å². The van der Waals surface area contributed by atoms with Gasteiger partial charge in [-0.05, 0) is 179 Å². The van der Waals surface area contributed by atoms with Gasteiger partial charge in [0, 0.05) is 129 Å². The van der Waals surface area contributed by atoms with Crippen LogP contribution in [-0.2, 0) is 43.3 Å². The Labute approximate surface area is 818 Å². The lowest BCUT2D eigenvalue weighted by atomic mass is 9.84. The highest BCUT2D eigenvalue weighted by Crippen LogP contribution is 2.46. The summed E-state index contributed by atoms with van der Waals surface area (Å²) in [4.78, 5) is 0. The van der Waals surface area contributed by atoms with Gasteiger partial charge in [0.2, 0.25) is 0 Å². The number of fused-ring (bicyclic) bond motifs is 24. The van der Waals surface area contributed by atoms with Crippen molar-refractivity contribution in [1.29, 1.82) is 0 Å². The minimum atomic E-state index is 0.105. The molecule has 8 heterocycles. The van der Waals surface area contributed by atoms with E-state index >= 15 is 0 Å². The first-order chi connectivity index (χ1) is 64.5. The van der Waals surface area contributed by atoms with Crippen LogP contribution in [0.25, 0.3) is 168 Å². The van der Waals surface area contributed by atoms with E-state index < -0.39 is 0 Å². The summed E-state index contributed by atoms with van der Waals surface area (Å²) in [5, 5.41) is 20.9. The van der Waals surface area contributed by atoms with E-state index in [1.165, 1.54) is 168 Å². The number of para-hydroxylation sites is 5. The maximum Gasteiger partial charge on any atom is 0.139 e. The van der Waals surface area contributed by atoms with Crippen molar-refractivity contribution in [3.8, 4) is 0 Å². The van der Waals surface area contributed by atoms with E-state index in [9.17, 15) is 0 Å². The molecule has 0 fully saturated rings. The van der Waals surface area contributed by atoms with Gasteiger partial charge in [-0.1, -0.05) is 409 Å². The van der Waals surface area contributed by atoms with Crippen molar-refractivity contribution in [2.45, 2.75) is 209 Å². The summed E-state index contributed by atoms with van der Waals surface area (Å²) in [6.45, 7) is 54.0. The molecule has 0 aliphatic heterocycles. The molecule has 8 heteroatoms.